The SMILES string of the molecule is Cc1nn(C)c2ncc(C(=O)OCC(=O)c3cc(C)n(-c4ccc(OC(F)F)cc4)c3C)cc12. The van der Waals surface area contributed by atoms with Crippen molar-refractivity contribution >= 4 is 22.8 Å². The average molecular weight is 468 g/mol. The Bertz CT molecular complexity index is 1390. The van der Waals surface area contributed by atoms with Crippen LogP contribution in [0.2, 0.25) is 0 Å². The molecule has 0 bridgehead atoms. The van der Waals surface area contributed by atoms with Crippen molar-refractivity contribution in [1.29, 1.82) is 0 Å². The van der Waals surface area contributed by atoms with Crippen LogP contribution in [0, 0.1) is 20.8 Å². The summed E-state index contributed by atoms with van der Waals surface area (Å²) in [7, 11) is 1.76. The van der Waals surface area contributed by atoms with Gasteiger partial charge in [0.2, 0.25) is 5.78 Å². The van der Waals surface area contributed by atoms with E-state index in [0.29, 0.717) is 22.6 Å². The number of nitrogens with zero attached hydrogens (tertiary/aromatic N) is 4. The van der Waals surface area contributed by atoms with Crippen LogP contribution in [0.1, 0.15) is 37.8 Å². The highest BCUT2D eigenvalue weighted by Gasteiger charge is 2.20. The normalized spacial score (nSPS) is 11.3. The van der Waals surface area contributed by atoms with Gasteiger partial charge in [0.1, 0.15) is 5.75 Å². The van der Waals surface area contributed by atoms with Crippen LogP contribution < -0.4 is 4.74 Å². The van der Waals surface area contributed by atoms with Crippen molar-refractivity contribution in [1.82, 2.24) is 19.3 Å². The van der Waals surface area contributed by atoms with Crippen LogP contribution in [0.4, 0.5) is 8.78 Å². The van der Waals surface area contributed by atoms with Gasteiger partial charge in [-0.25, -0.2) is 9.78 Å². The maximum atomic E-state index is 12.8. The van der Waals surface area contributed by atoms with Crippen molar-refractivity contribution in [3.63, 3.8) is 0 Å². The minimum absolute atomic E-state index is 0.0404. The summed E-state index contributed by atoms with van der Waals surface area (Å²) in [5, 5.41) is 5.01. The van der Waals surface area contributed by atoms with Crippen molar-refractivity contribution in [2.24, 2.45) is 7.05 Å². The smallest absolute Gasteiger partial charge is 0.387 e. The molecule has 0 fully saturated rings. The first-order chi connectivity index (χ1) is 16.2. The molecule has 8 nitrogen and oxygen atoms in total. The number of aryl methyl sites for hydroxylation is 3. The maximum absolute atomic E-state index is 12.8. The monoisotopic (exact) mass is 468 g/mol. The van der Waals surface area contributed by atoms with Gasteiger partial charge in [-0.2, -0.15) is 13.9 Å². The Morgan fingerprint density at radius 1 is 1.09 bits per heavy atom. The predicted molar refractivity (Wildman–Crippen MR) is 120 cm³/mol. The van der Waals surface area contributed by atoms with Gasteiger partial charge in [0.25, 0.3) is 0 Å². The first kappa shape index (κ1) is 23.1. The number of hydrogen-bond donors (Lipinski definition) is 0. The molecule has 4 rings (SSSR count). The van der Waals surface area contributed by atoms with E-state index in [4.69, 9.17) is 4.74 Å². The number of pyridine rings is 1. The molecule has 3 heterocycles. The number of ether oxygens (including phenoxy) is 2. The second kappa shape index (κ2) is 9.05. The van der Waals surface area contributed by atoms with Gasteiger partial charge in [-0.3, -0.25) is 9.48 Å². The van der Waals surface area contributed by atoms with Crippen LogP contribution in [0.15, 0.2) is 42.6 Å². The van der Waals surface area contributed by atoms with Gasteiger partial charge in [-0.15, -0.1) is 0 Å². The van der Waals surface area contributed by atoms with E-state index in [2.05, 4.69) is 14.8 Å². The number of ketones is 1. The fourth-order valence-electron chi connectivity index (χ4n) is 3.93. The quantitative estimate of drug-likeness (QED) is 0.296. The number of aromatic nitrogens is 4. The van der Waals surface area contributed by atoms with Gasteiger partial charge in [-0.05, 0) is 57.2 Å². The van der Waals surface area contributed by atoms with Gasteiger partial charge >= 0.3 is 12.6 Å². The maximum Gasteiger partial charge on any atom is 0.387 e. The molecule has 0 radical (unpaired) electrons. The van der Waals surface area contributed by atoms with Crippen molar-refractivity contribution in [2.75, 3.05) is 6.61 Å². The topological polar surface area (TPSA) is 88.2 Å². The van der Waals surface area contributed by atoms with Gasteiger partial charge in [0, 0.05) is 41.3 Å². The summed E-state index contributed by atoms with van der Waals surface area (Å²) in [6, 6.07) is 9.44. The van der Waals surface area contributed by atoms with Crippen LogP contribution in [0.3, 0.4) is 0 Å². The molecule has 0 unspecified atom stereocenters. The Morgan fingerprint density at radius 2 is 1.79 bits per heavy atom. The number of esters is 1. The van der Waals surface area contributed by atoms with E-state index in [0.717, 1.165) is 16.8 Å². The molecule has 10 heteroatoms. The van der Waals surface area contributed by atoms with Crippen LogP contribution >= 0.6 is 0 Å². The average Bonchev–Trinajstić information content (AvgIpc) is 3.26. The molecule has 0 N–H and O–H groups in total. The molecule has 0 aliphatic rings. The predicted octanol–water partition coefficient (Wildman–Crippen LogP) is 4.33. The zero-order chi connectivity index (χ0) is 24.6. The second-order valence-corrected chi connectivity index (χ2v) is 7.80. The highest BCUT2D eigenvalue weighted by atomic mass is 19.3. The molecule has 0 aliphatic carbocycles. The fraction of sp³-hybridized carbons (Fsp3) is 0.250. The van der Waals surface area contributed by atoms with E-state index in [1.54, 1.807) is 42.9 Å². The van der Waals surface area contributed by atoms with E-state index in [1.807, 2.05) is 18.4 Å². The molecule has 4 aromatic rings. The second-order valence-electron chi connectivity index (χ2n) is 7.80. The van der Waals surface area contributed by atoms with Crippen molar-refractivity contribution in [3.05, 3.63) is 70.8 Å². The minimum Gasteiger partial charge on any atom is -0.454 e. The third-order valence-electron chi connectivity index (χ3n) is 5.48. The van der Waals surface area contributed by atoms with Crippen molar-refractivity contribution in [3.8, 4) is 11.4 Å². The highest BCUT2D eigenvalue weighted by Crippen LogP contribution is 2.24. The highest BCUT2D eigenvalue weighted by molar-refractivity contribution is 6.01. The van der Waals surface area contributed by atoms with Crippen LogP contribution in [0.5, 0.6) is 5.75 Å². The summed E-state index contributed by atoms with van der Waals surface area (Å²) >= 11 is 0. The number of rotatable bonds is 7. The lowest BCUT2D eigenvalue weighted by Crippen LogP contribution is -2.15. The van der Waals surface area contributed by atoms with Crippen molar-refractivity contribution < 1.29 is 27.8 Å². The summed E-state index contributed by atoms with van der Waals surface area (Å²) in [5.41, 5.74) is 4.08. The summed E-state index contributed by atoms with van der Waals surface area (Å²) in [6.07, 6.45) is 1.39. The van der Waals surface area contributed by atoms with Crippen LogP contribution in [-0.2, 0) is 11.8 Å². The van der Waals surface area contributed by atoms with Crippen molar-refractivity contribution in [2.45, 2.75) is 27.4 Å². The number of Topliss-reactive ketones (excluding diaryl/α,β-unsaturated/α-hetero) is 1. The Balaban J connectivity index is 1.48. The fourth-order valence-corrected chi connectivity index (χ4v) is 3.93. The first-order valence-electron chi connectivity index (χ1n) is 10.4. The summed E-state index contributed by atoms with van der Waals surface area (Å²) < 4.78 is 37.8. The number of hydrogen-bond acceptors (Lipinski definition) is 6. The Labute approximate surface area is 193 Å². The number of alkyl halides is 2. The number of benzene rings is 1. The summed E-state index contributed by atoms with van der Waals surface area (Å²) in [6.45, 7) is 2.05. The van der Waals surface area contributed by atoms with Crippen LogP contribution in [0.25, 0.3) is 16.7 Å². The summed E-state index contributed by atoms with van der Waals surface area (Å²) in [5.74, 6) is -0.982. The van der Waals surface area contributed by atoms with E-state index < -0.39 is 19.2 Å². The first-order valence-corrected chi connectivity index (χ1v) is 10.4. The molecule has 0 atom stereocenters. The number of halogens is 2. The Morgan fingerprint density at radius 3 is 2.47 bits per heavy atom. The van der Waals surface area contributed by atoms with Gasteiger partial charge in [-0.1, -0.05) is 0 Å². The largest absolute Gasteiger partial charge is 0.454 e. The zero-order valence-electron chi connectivity index (χ0n) is 19.0. The van der Waals surface area contributed by atoms with E-state index in [-0.39, 0.29) is 17.1 Å². The van der Waals surface area contributed by atoms with Crippen LogP contribution in [-0.4, -0.2) is 44.3 Å². The number of fused-ring (bicyclic) bond motifs is 1. The minimum atomic E-state index is -2.90. The Hall–Kier alpha value is -4.08. The van der Waals surface area contributed by atoms with Gasteiger partial charge in [0.05, 0.1) is 11.3 Å². The molecule has 0 saturated carbocycles. The lowest BCUT2D eigenvalue weighted by molar-refractivity contribution is -0.0498. The third-order valence-corrected chi connectivity index (χ3v) is 5.48. The van der Waals surface area contributed by atoms with E-state index in [9.17, 15) is 18.4 Å². The molecular formula is C24H22F2N4O4. The number of carbonyl (C=O) groups excluding carboxylic acids is 2. The molecule has 3 aromatic heterocycles. The lowest BCUT2D eigenvalue weighted by Gasteiger charge is -2.11. The summed E-state index contributed by atoms with van der Waals surface area (Å²) in [4.78, 5) is 29.6. The molecule has 176 valence electrons. The number of carbonyl (C=O) groups is 2. The van der Waals surface area contributed by atoms with E-state index in [1.165, 1.54) is 18.3 Å². The molecule has 0 spiro atoms. The van der Waals surface area contributed by atoms with Gasteiger partial charge in [0.15, 0.2) is 12.3 Å². The molecular weight excluding hydrogens is 446 g/mol. The van der Waals surface area contributed by atoms with Gasteiger partial charge < -0.3 is 14.0 Å². The lowest BCUT2D eigenvalue weighted by atomic mass is 10.1. The Kier molecular flexibility index (Phi) is 6.14. The molecule has 0 saturated heterocycles. The third kappa shape index (κ3) is 4.39. The molecule has 1 aromatic carbocycles. The molecule has 0 amide bonds. The standard InChI is InChI=1S/C24H22F2N4O4/c1-13-9-20(15(3)30(13)17-5-7-18(8-6-17)34-24(25)26)21(31)12-33-23(32)16-10-19-14(2)28-29(4)22(19)27-11-16/h5-11,24H,12H2,1-4H3. The van der Waals surface area contributed by atoms with E-state index >= 15 is 0 Å². The zero-order valence-corrected chi connectivity index (χ0v) is 19.0. The molecule has 0 aliphatic heterocycles. The molecule has 34 heavy (non-hydrogen) atoms.